The van der Waals surface area contributed by atoms with E-state index in [4.69, 9.17) is 0 Å². The van der Waals surface area contributed by atoms with Crippen LogP contribution >= 0.6 is 0 Å². The van der Waals surface area contributed by atoms with E-state index in [1.807, 2.05) is 27.7 Å². The van der Waals surface area contributed by atoms with Gasteiger partial charge >= 0.3 is 12.4 Å². The van der Waals surface area contributed by atoms with Gasteiger partial charge in [-0.05, 0) is 37.1 Å². The molecule has 146 valence electrons. The first-order valence-corrected chi connectivity index (χ1v) is 8.36. The molecule has 0 nitrogen and oxygen atoms in total. The van der Waals surface area contributed by atoms with Crippen LogP contribution in [0.5, 0.6) is 0 Å². The molecule has 0 aliphatic rings. The molecule has 0 spiro atoms. The van der Waals surface area contributed by atoms with E-state index in [2.05, 4.69) is 0 Å². The fourth-order valence-corrected chi connectivity index (χ4v) is 2.25. The van der Waals surface area contributed by atoms with Gasteiger partial charge in [0.15, 0.2) is 0 Å². The summed E-state index contributed by atoms with van der Waals surface area (Å²) >= 11 is 0. The molecule has 0 aliphatic heterocycles. The lowest BCUT2D eigenvalue weighted by Crippen LogP contribution is -2.11. The van der Waals surface area contributed by atoms with E-state index in [1.165, 1.54) is 26.0 Å². The highest BCUT2D eigenvalue weighted by atomic mass is 19.4. The highest BCUT2D eigenvalue weighted by Gasteiger charge is 2.38. The van der Waals surface area contributed by atoms with Gasteiger partial charge in [0.2, 0.25) is 0 Å². The summed E-state index contributed by atoms with van der Waals surface area (Å²) in [7, 11) is 0. The van der Waals surface area contributed by atoms with E-state index in [0.29, 0.717) is 11.1 Å². The molecule has 0 fully saturated rings. The van der Waals surface area contributed by atoms with E-state index >= 15 is 0 Å². The molecule has 0 bridgehead atoms. The largest absolute Gasteiger partial charge is 0.417 e. The maximum atomic E-state index is 13.1. The van der Waals surface area contributed by atoms with Crippen LogP contribution in [0, 0.1) is 13.8 Å². The Hall–Kier alpha value is -1.98. The Balaban J connectivity index is 0.00000146. The minimum Gasteiger partial charge on any atom is -0.166 e. The number of halogens is 6. The Morgan fingerprint density at radius 2 is 0.808 bits per heavy atom. The lowest BCUT2D eigenvalue weighted by molar-refractivity contribution is -0.139. The summed E-state index contributed by atoms with van der Waals surface area (Å²) in [6, 6.07) is 6.61. The first kappa shape index (κ1) is 24.0. The molecule has 0 saturated heterocycles. The van der Waals surface area contributed by atoms with Crippen molar-refractivity contribution in [1.29, 1.82) is 0 Å². The minimum absolute atomic E-state index is 0.330. The zero-order chi connectivity index (χ0) is 20.7. The molecule has 6 heteroatoms. The van der Waals surface area contributed by atoms with Crippen molar-refractivity contribution >= 4 is 0 Å². The molecule has 2 aromatic carbocycles. The van der Waals surface area contributed by atoms with Gasteiger partial charge in [0.1, 0.15) is 0 Å². The van der Waals surface area contributed by atoms with Crippen molar-refractivity contribution in [3.8, 4) is 11.1 Å². The van der Waals surface area contributed by atoms with Gasteiger partial charge in [0.25, 0.3) is 0 Å². The lowest BCUT2D eigenvalue weighted by Gasteiger charge is -2.18. The molecule has 0 radical (unpaired) electrons. The Morgan fingerprint density at radius 3 is 1.04 bits per heavy atom. The van der Waals surface area contributed by atoms with Crippen LogP contribution in [0.15, 0.2) is 36.4 Å². The van der Waals surface area contributed by atoms with Gasteiger partial charge in [0, 0.05) is 0 Å². The summed E-state index contributed by atoms with van der Waals surface area (Å²) < 4.78 is 78.8. The molecule has 26 heavy (non-hydrogen) atoms. The van der Waals surface area contributed by atoms with Crippen LogP contribution in [-0.4, -0.2) is 0 Å². The van der Waals surface area contributed by atoms with Gasteiger partial charge in [-0.25, -0.2) is 0 Å². The summed E-state index contributed by atoms with van der Waals surface area (Å²) in [4.78, 5) is 0. The van der Waals surface area contributed by atoms with Crippen LogP contribution in [-0.2, 0) is 12.4 Å². The quantitative estimate of drug-likeness (QED) is 0.440. The molecule has 0 atom stereocenters. The molecular formula is C20H24F6. The second-order valence-corrected chi connectivity index (χ2v) is 5.09. The third-order valence-corrected chi connectivity index (χ3v) is 3.25. The summed E-state index contributed by atoms with van der Waals surface area (Å²) in [5.74, 6) is 0. The SMILES string of the molecule is CC.CC.Cc1ccc(-c2ccc(C)cc2C(F)(F)F)c(C(F)(F)F)c1. The third-order valence-electron chi connectivity index (χ3n) is 3.25. The Kier molecular flexibility index (Phi) is 8.91. The van der Waals surface area contributed by atoms with Crippen molar-refractivity contribution < 1.29 is 26.3 Å². The summed E-state index contributed by atoms with van der Waals surface area (Å²) in [5.41, 5.74) is -2.41. The highest BCUT2D eigenvalue weighted by molar-refractivity contribution is 5.72. The number of rotatable bonds is 1. The van der Waals surface area contributed by atoms with Gasteiger partial charge in [-0.1, -0.05) is 63.1 Å². The third kappa shape index (κ3) is 6.07. The molecule has 2 rings (SSSR count). The van der Waals surface area contributed by atoms with Crippen molar-refractivity contribution in [2.24, 2.45) is 0 Å². The van der Waals surface area contributed by atoms with Crippen LogP contribution in [0.25, 0.3) is 11.1 Å². The fourth-order valence-electron chi connectivity index (χ4n) is 2.25. The van der Waals surface area contributed by atoms with Crippen molar-refractivity contribution in [2.45, 2.75) is 53.9 Å². The second kappa shape index (κ2) is 9.64. The number of aryl methyl sites for hydroxylation is 2. The summed E-state index contributed by atoms with van der Waals surface area (Å²) in [5, 5.41) is 0. The van der Waals surface area contributed by atoms with Gasteiger partial charge in [-0.2, -0.15) is 26.3 Å². The predicted octanol–water partition coefficient (Wildman–Crippen LogP) is 8.06. The monoisotopic (exact) mass is 378 g/mol. The Labute approximate surface area is 150 Å². The molecule has 0 saturated carbocycles. The number of alkyl halides is 6. The highest BCUT2D eigenvalue weighted by Crippen LogP contribution is 2.43. The average molecular weight is 378 g/mol. The maximum Gasteiger partial charge on any atom is 0.417 e. The van der Waals surface area contributed by atoms with Crippen LogP contribution in [0.3, 0.4) is 0 Å². The molecule has 0 aliphatic carbocycles. The molecule has 0 N–H and O–H groups in total. The number of hydrogen-bond acceptors (Lipinski definition) is 0. The molecule has 0 aromatic heterocycles. The van der Waals surface area contributed by atoms with Gasteiger partial charge in [-0.3, -0.25) is 0 Å². The van der Waals surface area contributed by atoms with E-state index in [-0.39, 0.29) is 0 Å². The average Bonchev–Trinajstić information content (AvgIpc) is 2.57. The smallest absolute Gasteiger partial charge is 0.166 e. The fraction of sp³-hybridized carbons (Fsp3) is 0.400. The van der Waals surface area contributed by atoms with Gasteiger partial charge < -0.3 is 0 Å². The zero-order valence-electron chi connectivity index (χ0n) is 15.7. The second-order valence-electron chi connectivity index (χ2n) is 5.09. The van der Waals surface area contributed by atoms with E-state index in [1.54, 1.807) is 0 Å². The number of benzene rings is 2. The molecule has 2 aromatic rings. The predicted molar refractivity (Wildman–Crippen MR) is 94.1 cm³/mol. The van der Waals surface area contributed by atoms with Crippen LogP contribution in [0.4, 0.5) is 26.3 Å². The summed E-state index contributed by atoms with van der Waals surface area (Å²) in [6.45, 7) is 10.9. The molecule has 0 amide bonds. The van der Waals surface area contributed by atoms with Crippen molar-refractivity contribution in [3.63, 3.8) is 0 Å². The maximum absolute atomic E-state index is 13.1. The van der Waals surface area contributed by atoms with E-state index in [0.717, 1.165) is 24.3 Å². The first-order chi connectivity index (χ1) is 12.0. The van der Waals surface area contributed by atoms with Crippen molar-refractivity contribution in [1.82, 2.24) is 0 Å². The molecular weight excluding hydrogens is 354 g/mol. The molecule has 0 heterocycles. The van der Waals surface area contributed by atoms with Gasteiger partial charge in [0.05, 0.1) is 11.1 Å². The summed E-state index contributed by atoms with van der Waals surface area (Å²) in [6.07, 6.45) is -9.45. The van der Waals surface area contributed by atoms with Crippen molar-refractivity contribution in [2.75, 3.05) is 0 Å². The van der Waals surface area contributed by atoms with Crippen LogP contribution < -0.4 is 0 Å². The Morgan fingerprint density at radius 1 is 0.538 bits per heavy atom. The van der Waals surface area contributed by atoms with Crippen molar-refractivity contribution in [3.05, 3.63) is 58.7 Å². The normalized spacial score (nSPS) is 11.1. The lowest BCUT2D eigenvalue weighted by atomic mass is 9.92. The number of hydrogen-bond donors (Lipinski definition) is 0. The van der Waals surface area contributed by atoms with Crippen LogP contribution in [0.1, 0.15) is 49.9 Å². The minimum atomic E-state index is -4.73. The topological polar surface area (TPSA) is 0 Å². The van der Waals surface area contributed by atoms with Crippen LogP contribution in [0.2, 0.25) is 0 Å². The van der Waals surface area contributed by atoms with E-state index < -0.39 is 34.6 Å². The Bertz CT molecular complexity index is 635. The zero-order valence-corrected chi connectivity index (χ0v) is 15.7. The standard InChI is InChI=1S/C16H12F6.2C2H6/c1-9-3-5-11(13(7-9)15(17,18)19)12-6-4-10(2)8-14(12)16(20,21)22;2*1-2/h3-8H,1-2H3;2*1-2H3. The van der Waals surface area contributed by atoms with E-state index in [9.17, 15) is 26.3 Å². The first-order valence-electron chi connectivity index (χ1n) is 8.36. The van der Waals surface area contributed by atoms with Gasteiger partial charge in [-0.15, -0.1) is 0 Å². The molecule has 0 unspecified atom stereocenters.